The SMILES string of the molecule is NC(=O)c1cc(NCc2ccc(O)c(Br)c2)ccc1Cl. The predicted molar refractivity (Wildman–Crippen MR) is 83.1 cm³/mol. The van der Waals surface area contributed by atoms with Gasteiger partial charge >= 0.3 is 0 Å². The molecule has 6 heteroatoms. The highest BCUT2D eigenvalue weighted by Gasteiger charge is 2.07. The van der Waals surface area contributed by atoms with Crippen molar-refractivity contribution in [1.82, 2.24) is 0 Å². The zero-order valence-corrected chi connectivity index (χ0v) is 12.7. The minimum absolute atomic E-state index is 0.191. The zero-order valence-electron chi connectivity index (χ0n) is 10.4. The number of nitrogens with two attached hydrogens (primary N) is 1. The zero-order chi connectivity index (χ0) is 14.7. The van der Waals surface area contributed by atoms with Crippen molar-refractivity contribution in [2.75, 3.05) is 5.32 Å². The number of primary amides is 1. The Hall–Kier alpha value is -1.72. The summed E-state index contributed by atoms with van der Waals surface area (Å²) >= 11 is 9.14. The van der Waals surface area contributed by atoms with Crippen LogP contribution in [-0.2, 0) is 6.54 Å². The van der Waals surface area contributed by atoms with Gasteiger partial charge in [-0.1, -0.05) is 17.7 Å². The molecule has 0 heterocycles. The highest BCUT2D eigenvalue weighted by Crippen LogP contribution is 2.25. The fraction of sp³-hybridized carbons (Fsp3) is 0.0714. The van der Waals surface area contributed by atoms with E-state index in [1.54, 1.807) is 30.3 Å². The Bertz CT molecular complexity index is 662. The average molecular weight is 356 g/mol. The molecule has 1 amide bonds. The Morgan fingerprint density at radius 1 is 1.30 bits per heavy atom. The van der Waals surface area contributed by atoms with Crippen LogP contribution in [0.2, 0.25) is 5.02 Å². The van der Waals surface area contributed by atoms with Crippen molar-refractivity contribution in [2.24, 2.45) is 5.73 Å². The minimum Gasteiger partial charge on any atom is -0.507 e. The molecule has 0 spiro atoms. The third kappa shape index (κ3) is 3.43. The summed E-state index contributed by atoms with van der Waals surface area (Å²) in [6, 6.07) is 10.2. The molecule has 0 aliphatic carbocycles. The highest BCUT2D eigenvalue weighted by atomic mass is 79.9. The van der Waals surface area contributed by atoms with E-state index in [1.165, 1.54) is 0 Å². The molecule has 0 unspecified atom stereocenters. The number of carbonyl (C=O) groups excluding carboxylic acids is 1. The number of aromatic hydroxyl groups is 1. The Morgan fingerprint density at radius 2 is 2.05 bits per heavy atom. The Kier molecular flexibility index (Phi) is 4.52. The monoisotopic (exact) mass is 354 g/mol. The van der Waals surface area contributed by atoms with Crippen LogP contribution in [0, 0.1) is 0 Å². The van der Waals surface area contributed by atoms with Crippen LogP contribution in [0.3, 0.4) is 0 Å². The van der Waals surface area contributed by atoms with Crippen LogP contribution in [-0.4, -0.2) is 11.0 Å². The number of hydrogen-bond donors (Lipinski definition) is 3. The standard InChI is InChI=1S/C14H12BrClN2O2/c15-11-5-8(1-4-13(11)19)7-18-9-2-3-12(16)10(6-9)14(17)20/h1-6,18-19H,7H2,(H2,17,20). The van der Waals surface area contributed by atoms with E-state index < -0.39 is 5.91 Å². The summed E-state index contributed by atoms with van der Waals surface area (Å²) in [7, 11) is 0. The Balaban J connectivity index is 2.12. The Labute approximate surface area is 129 Å². The first-order valence-electron chi connectivity index (χ1n) is 5.78. The molecule has 0 aliphatic heterocycles. The molecule has 0 aromatic heterocycles. The summed E-state index contributed by atoms with van der Waals surface area (Å²) in [6.07, 6.45) is 0. The number of rotatable bonds is 4. The van der Waals surface area contributed by atoms with Crippen molar-refractivity contribution in [2.45, 2.75) is 6.54 Å². The molecule has 0 saturated carbocycles. The van der Waals surface area contributed by atoms with Crippen molar-refractivity contribution >= 4 is 39.1 Å². The first-order chi connectivity index (χ1) is 9.47. The second-order valence-electron chi connectivity index (χ2n) is 4.20. The van der Waals surface area contributed by atoms with Crippen LogP contribution in [0.15, 0.2) is 40.9 Å². The molecule has 0 atom stereocenters. The first kappa shape index (κ1) is 14.7. The fourth-order valence-corrected chi connectivity index (χ4v) is 2.33. The predicted octanol–water partition coefficient (Wildman–Crippen LogP) is 3.52. The number of hydrogen-bond acceptors (Lipinski definition) is 3. The highest BCUT2D eigenvalue weighted by molar-refractivity contribution is 9.10. The molecular weight excluding hydrogens is 344 g/mol. The lowest BCUT2D eigenvalue weighted by atomic mass is 10.1. The van der Waals surface area contributed by atoms with Gasteiger partial charge in [0.1, 0.15) is 5.75 Å². The molecule has 2 aromatic carbocycles. The van der Waals surface area contributed by atoms with Crippen LogP contribution in [0.1, 0.15) is 15.9 Å². The maximum atomic E-state index is 11.2. The number of halogens is 2. The van der Waals surface area contributed by atoms with Gasteiger partial charge in [0.15, 0.2) is 0 Å². The van der Waals surface area contributed by atoms with Gasteiger partial charge in [-0.05, 0) is 51.8 Å². The van der Waals surface area contributed by atoms with E-state index in [0.29, 0.717) is 16.0 Å². The summed E-state index contributed by atoms with van der Waals surface area (Å²) in [5.74, 6) is -0.373. The minimum atomic E-state index is -0.564. The van der Waals surface area contributed by atoms with E-state index in [2.05, 4.69) is 21.2 Å². The number of phenolic OH excluding ortho intramolecular Hbond substituents is 1. The molecule has 104 valence electrons. The van der Waals surface area contributed by atoms with Crippen molar-refractivity contribution in [3.63, 3.8) is 0 Å². The molecule has 2 aromatic rings. The molecule has 20 heavy (non-hydrogen) atoms. The molecule has 0 fully saturated rings. The van der Waals surface area contributed by atoms with Crippen molar-refractivity contribution in [3.8, 4) is 5.75 Å². The maximum absolute atomic E-state index is 11.2. The summed E-state index contributed by atoms with van der Waals surface area (Å²) in [6.45, 7) is 0.540. The van der Waals surface area contributed by atoms with Gasteiger partial charge in [-0.25, -0.2) is 0 Å². The molecular formula is C14H12BrClN2O2. The largest absolute Gasteiger partial charge is 0.507 e. The van der Waals surface area contributed by atoms with Gasteiger partial charge in [-0.15, -0.1) is 0 Å². The van der Waals surface area contributed by atoms with Crippen LogP contribution in [0.4, 0.5) is 5.69 Å². The van der Waals surface area contributed by atoms with Crippen LogP contribution in [0.25, 0.3) is 0 Å². The number of carbonyl (C=O) groups is 1. The summed E-state index contributed by atoms with van der Waals surface area (Å²) in [5.41, 5.74) is 7.24. The van der Waals surface area contributed by atoms with Crippen molar-refractivity contribution in [3.05, 3.63) is 57.0 Å². The van der Waals surface area contributed by atoms with E-state index >= 15 is 0 Å². The molecule has 0 radical (unpaired) electrons. The molecule has 4 nitrogen and oxygen atoms in total. The van der Waals surface area contributed by atoms with Crippen molar-refractivity contribution in [1.29, 1.82) is 0 Å². The quantitative estimate of drug-likeness (QED) is 0.785. The molecule has 0 saturated heterocycles. The summed E-state index contributed by atoms with van der Waals surface area (Å²) in [4.78, 5) is 11.2. The number of nitrogens with one attached hydrogen (secondary N) is 1. The molecule has 0 bridgehead atoms. The van der Waals surface area contributed by atoms with Crippen LogP contribution < -0.4 is 11.1 Å². The van der Waals surface area contributed by atoms with E-state index in [1.807, 2.05) is 6.07 Å². The van der Waals surface area contributed by atoms with Crippen molar-refractivity contribution < 1.29 is 9.90 Å². The first-order valence-corrected chi connectivity index (χ1v) is 6.95. The van der Waals surface area contributed by atoms with Crippen LogP contribution >= 0.6 is 27.5 Å². The van der Waals surface area contributed by atoms with Gasteiger partial charge in [0.05, 0.1) is 15.1 Å². The second kappa shape index (κ2) is 6.15. The topological polar surface area (TPSA) is 75.4 Å². The molecule has 2 rings (SSSR count). The average Bonchev–Trinajstić information content (AvgIpc) is 2.41. The lowest BCUT2D eigenvalue weighted by Gasteiger charge is -2.09. The lowest BCUT2D eigenvalue weighted by molar-refractivity contribution is 0.100. The smallest absolute Gasteiger partial charge is 0.250 e. The Morgan fingerprint density at radius 3 is 2.70 bits per heavy atom. The number of phenols is 1. The fourth-order valence-electron chi connectivity index (χ4n) is 1.69. The van der Waals surface area contributed by atoms with Gasteiger partial charge in [0.25, 0.3) is 0 Å². The normalized spacial score (nSPS) is 10.3. The lowest BCUT2D eigenvalue weighted by Crippen LogP contribution is -2.12. The molecule has 4 N–H and O–H groups in total. The van der Waals surface area contributed by atoms with Gasteiger partial charge in [0.2, 0.25) is 5.91 Å². The van der Waals surface area contributed by atoms with Gasteiger partial charge < -0.3 is 16.2 Å². The number of amides is 1. The van der Waals surface area contributed by atoms with Gasteiger partial charge in [0, 0.05) is 12.2 Å². The van der Waals surface area contributed by atoms with E-state index in [0.717, 1.165) is 11.3 Å². The number of anilines is 1. The van der Waals surface area contributed by atoms with Gasteiger partial charge in [-0.3, -0.25) is 4.79 Å². The van der Waals surface area contributed by atoms with Crippen LogP contribution in [0.5, 0.6) is 5.75 Å². The third-order valence-electron chi connectivity index (χ3n) is 2.74. The third-order valence-corrected chi connectivity index (χ3v) is 3.71. The maximum Gasteiger partial charge on any atom is 0.250 e. The summed E-state index contributed by atoms with van der Waals surface area (Å²) < 4.78 is 0.630. The summed E-state index contributed by atoms with van der Waals surface area (Å²) in [5, 5.41) is 12.9. The molecule has 0 aliphatic rings. The second-order valence-corrected chi connectivity index (χ2v) is 5.46. The van der Waals surface area contributed by atoms with E-state index in [-0.39, 0.29) is 11.3 Å². The number of benzene rings is 2. The van der Waals surface area contributed by atoms with Gasteiger partial charge in [-0.2, -0.15) is 0 Å². The van der Waals surface area contributed by atoms with E-state index in [9.17, 15) is 9.90 Å². The van der Waals surface area contributed by atoms with E-state index in [4.69, 9.17) is 17.3 Å².